The zero-order valence-corrected chi connectivity index (χ0v) is 18.6. The van der Waals surface area contributed by atoms with E-state index in [1.807, 2.05) is 60.0 Å². The smallest absolute Gasteiger partial charge is 0.271 e. The van der Waals surface area contributed by atoms with Crippen LogP contribution >= 0.6 is 39.0 Å². The number of aromatic nitrogens is 2. The van der Waals surface area contributed by atoms with E-state index >= 15 is 0 Å². The van der Waals surface area contributed by atoms with E-state index in [0.29, 0.717) is 21.1 Å². The summed E-state index contributed by atoms with van der Waals surface area (Å²) in [4.78, 5) is 29.8. The zero-order chi connectivity index (χ0) is 20.4. The van der Waals surface area contributed by atoms with Gasteiger partial charge in [-0.15, -0.1) is 11.3 Å². The number of halogens is 1. The lowest BCUT2D eigenvalue weighted by Crippen LogP contribution is -2.20. The molecule has 0 saturated heterocycles. The summed E-state index contributed by atoms with van der Waals surface area (Å²) in [6.07, 6.45) is 0. The molecule has 8 heteroatoms. The molecule has 5 nitrogen and oxygen atoms in total. The van der Waals surface area contributed by atoms with Gasteiger partial charge in [-0.25, -0.2) is 4.98 Å². The molecule has 146 valence electrons. The predicted molar refractivity (Wildman–Crippen MR) is 124 cm³/mol. The topological polar surface area (TPSA) is 64.0 Å². The van der Waals surface area contributed by atoms with Crippen LogP contribution in [-0.4, -0.2) is 21.2 Å². The molecule has 0 aliphatic rings. The van der Waals surface area contributed by atoms with Crippen LogP contribution in [0.15, 0.2) is 74.4 Å². The van der Waals surface area contributed by atoms with E-state index < -0.39 is 0 Å². The van der Waals surface area contributed by atoms with Crippen molar-refractivity contribution in [2.75, 3.05) is 11.1 Å². The Kier molecular flexibility index (Phi) is 5.84. The van der Waals surface area contributed by atoms with Gasteiger partial charge in [-0.1, -0.05) is 64.1 Å². The molecule has 0 saturated carbocycles. The lowest BCUT2D eigenvalue weighted by molar-refractivity contribution is -0.113. The first-order valence-electron chi connectivity index (χ1n) is 8.75. The van der Waals surface area contributed by atoms with Gasteiger partial charge in [0.15, 0.2) is 5.16 Å². The number of carbonyl (C=O) groups excluding carboxylic acids is 1. The van der Waals surface area contributed by atoms with Crippen LogP contribution in [0.1, 0.15) is 0 Å². The summed E-state index contributed by atoms with van der Waals surface area (Å²) < 4.78 is 3.02. The maximum Gasteiger partial charge on any atom is 0.271 e. The molecule has 0 unspecified atom stereocenters. The highest BCUT2D eigenvalue weighted by Crippen LogP contribution is 2.32. The third kappa shape index (κ3) is 4.29. The van der Waals surface area contributed by atoms with Crippen molar-refractivity contribution in [3.63, 3.8) is 0 Å². The zero-order valence-electron chi connectivity index (χ0n) is 15.4. The SMILES string of the molecule is Cn1c(SCC(=O)Nc2cccc(Br)c2)nc2c(-c3ccccc3)csc2c1=O. The number of hydrogen-bond acceptors (Lipinski definition) is 5. The van der Waals surface area contributed by atoms with Gasteiger partial charge in [0.2, 0.25) is 5.91 Å². The van der Waals surface area contributed by atoms with Crippen molar-refractivity contribution < 1.29 is 4.79 Å². The summed E-state index contributed by atoms with van der Waals surface area (Å²) in [7, 11) is 1.69. The number of hydrogen-bond donors (Lipinski definition) is 1. The lowest BCUT2D eigenvalue weighted by atomic mass is 10.1. The number of thioether (sulfide) groups is 1. The normalized spacial score (nSPS) is 11.0. The molecule has 2 heterocycles. The number of amides is 1. The predicted octanol–water partition coefficient (Wildman–Crippen LogP) is 5.16. The average Bonchev–Trinajstić information content (AvgIpc) is 3.14. The van der Waals surface area contributed by atoms with Crippen molar-refractivity contribution in [3.05, 3.63) is 74.8 Å². The number of benzene rings is 2. The Bertz CT molecular complexity index is 1250. The van der Waals surface area contributed by atoms with E-state index in [-0.39, 0.29) is 17.2 Å². The molecule has 0 radical (unpaired) electrons. The highest BCUT2D eigenvalue weighted by atomic mass is 79.9. The average molecular weight is 486 g/mol. The molecule has 1 N–H and O–H groups in total. The third-order valence-corrected chi connectivity index (χ3v) is 6.76. The van der Waals surface area contributed by atoms with Gasteiger partial charge in [0, 0.05) is 28.2 Å². The molecular formula is C21H16BrN3O2S2. The Hall–Kier alpha value is -2.42. The highest BCUT2D eigenvalue weighted by Gasteiger charge is 2.16. The molecule has 0 atom stereocenters. The number of carbonyl (C=O) groups is 1. The molecular weight excluding hydrogens is 470 g/mol. The van der Waals surface area contributed by atoms with Crippen molar-refractivity contribution in [2.45, 2.75) is 5.16 Å². The van der Waals surface area contributed by atoms with E-state index in [0.717, 1.165) is 15.6 Å². The van der Waals surface area contributed by atoms with Crippen LogP contribution in [0.25, 0.3) is 21.3 Å². The molecule has 4 aromatic rings. The number of nitrogens with one attached hydrogen (secondary N) is 1. The van der Waals surface area contributed by atoms with Crippen LogP contribution in [0.4, 0.5) is 5.69 Å². The quantitative estimate of drug-likeness (QED) is 0.313. The van der Waals surface area contributed by atoms with Gasteiger partial charge < -0.3 is 5.32 Å². The second-order valence-electron chi connectivity index (χ2n) is 6.30. The van der Waals surface area contributed by atoms with Crippen molar-refractivity contribution in [3.8, 4) is 11.1 Å². The van der Waals surface area contributed by atoms with E-state index in [2.05, 4.69) is 21.2 Å². The third-order valence-electron chi connectivity index (χ3n) is 4.28. The van der Waals surface area contributed by atoms with Crippen molar-refractivity contribution >= 4 is 60.8 Å². The van der Waals surface area contributed by atoms with Gasteiger partial charge in [-0.3, -0.25) is 14.2 Å². The molecule has 2 aromatic heterocycles. The van der Waals surface area contributed by atoms with Gasteiger partial charge in [-0.2, -0.15) is 0 Å². The summed E-state index contributed by atoms with van der Waals surface area (Å²) >= 11 is 6.03. The Morgan fingerprint density at radius 1 is 1.21 bits per heavy atom. The molecule has 0 aliphatic carbocycles. The molecule has 4 rings (SSSR count). The maximum absolute atomic E-state index is 12.8. The fourth-order valence-corrected chi connectivity index (χ4v) is 5.02. The number of fused-ring (bicyclic) bond motifs is 1. The largest absolute Gasteiger partial charge is 0.325 e. The van der Waals surface area contributed by atoms with Crippen LogP contribution in [0.5, 0.6) is 0 Å². The summed E-state index contributed by atoms with van der Waals surface area (Å²) in [6, 6.07) is 17.3. The van der Waals surface area contributed by atoms with E-state index in [4.69, 9.17) is 4.98 Å². The monoisotopic (exact) mass is 485 g/mol. The van der Waals surface area contributed by atoms with E-state index in [9.17, 15) is 9.59 Å². The molecule has 0 spiro atoms. The minimum absolute atomic E-state index is 0.0999. The highest BCUT2D eigenvalue weighted by molar-refractivity contribution is 9.10. The van der Waals surface area contributed by atoms with Crippen LogP contribution in [0, 0.1) is 0 Å². The number of anilines is 1. The first-order valence-corrected chi connectivity index (χ1v) is 11.4. The van der Waals surface area contributed by atoms with Crippen LogP contribution < -0.4 is 10.9 Å². The summed E-state index contributed by atoms with van der Waals surface area (Å²) in [5.41, 5.74) is 3.24. The summed E-state index contributed by atoms with van der Waals surface area (Å²) in [6.45, 7) is 0. The summed E-state index contributed by atoms with van der Waals surface area (Å²) in [5.74, 6) is -0.000577. The Morgan fingerprint density at radius 3 is 2.76 bits per heavy atom. The van der Waals surface area contributed by atoms with Crippen LogP contribution in [-0.2, 0) is 11.8 Å². The van der Waals surface area contributed by atoms with Gasteiger partial charge in [0.25, 0.3) is 5.56 Å². The first-order chi connectivity index (χ1) is 14.0. The Morgan fingerprint density at radius 2 is 2.00 bits per heavy atom. The fourth-order valence-electron chi connectivity index (χ4n) is 2.87. The van der Waals surface area contributed by atoms with Gasteiger partial charge >= 0.3 is 0 Å². The van der Waals surface area contributed by atoms with Gasteiger partial charge in [0.1, 0.15) is 4.70 Å². The maximum atomic E-state index is 12.8. The standard InChI is InChI=1S/C21H16BrN3O2S2/c1-25-20(27)19-18(16(11-28-19)13-6-3-2-4-7-13)24-21(25)29-12-17(26)23-15-9-5-8-14(22)10-15/h2-11H,12H2,1H3,(H,23,26). The Labute approximate surface area is 183 Å². The van der Waals surface area contributed by atoms with Crippen molar-refractivity contribution in [1.82, 2.24) is 9.55 Å². The molecule has 29 heavy (non-hydrogen) atoms. The summed E-state index contributed by atoms with van der Waals surface area (Å²) in [5, 5.41) is 5.33. The number of thiophene rings is 1. The number of nitrogens with zero attached hydrogens (tertiary/aromatic N) is 2. The molecule has 0 bridgehead atoms. The molecule has 0 aliphatic heterocycles. The first kappa shape index (κ1) is 19.9. The molecule has 1 amide bonds. The minimum atomic E-state index is -0.156. The minimum Gasteiger partial charge on any atom is -0.325 e. The molecule has 2 aromatic carbocycles. The van der Waals surface area contributed by atoms with E-state index in [1.165, 1.54) is 27.7 Å². The van der Waals surface area contributed by atoms with Gasteiger partial charge in [0.05, 0.1) is 11.3 Å². The van der Waals surface area contributed by atoms with Crippen molar-refractivity contribution in [2.24, 2.45) is 7.05 Å². The van der Waals surface area contributed by atoms with Crippen LogP contribution in [0.3, 0.4) is 0 Å². The van der Waals surface area contributed by atoms with E-state index in [1.54, 1.807) is 7.05 Å². The second kappa shape index (κ2) is 8.52. The fraction of sp³-hybridized carbons (Fsp3) is 0.0952. The molecule has 0 fully saturated rings. The van der Waals surface area contributed by atoms with Crippen molar-refractivity contribution in [1.29, 1.82) is 0 Å². The Balaban J connectivity index is 1.59. The second-order valence-corrected chi connectivity index (χ2v) is 9.04. The lowest BCUT2D eigenvalue weighted by Gasteiger charge is -2.09. The van der Waals surface area contributed by atoms with Gasteiger partial charge in [-0.05, 0) is 23.8 Å². The number of rotatable bonds is 5. The van der Waals surface area contributed by atoms with Crippen LogP contribution in [0.2, 0.25) is 0 Å².